The van der Waals surface area contributed by atoms with Crippen LogP contribution in [-0.2, 0) is 12.8 Å². The van der Waals surface area contributed by atoms with Crippen LogP contribution in [0, 0.1) is 0 Å². The van der Waals surface area contributed by atoms with E-state index in [4.69, 9.17) is 18.9 Å². The van der Waals surface area contributed by atoms with Gasteiger partial charge in [0.1, 0.15) is 0 Å². The van der Waals surface area contributed by atoms with Crippen LogP contribution in [0.2, 0.25) is 0 Å². The summed E-state index contributed by atoms with van der Waals surface area (Å²) in [6, 6.07) is 8.77. The van der Waals surface area contributed by atoms with E-state index < -0.39 is 0 Å². The minimum Gasteiger partial charge on any atom is -0.493 e. The van der Waals surface area contributed by atoms with E-state index in [-0.39, 0.29) is 0 Å². The number of hydrogen-bond acceptors (Lipinski definition) is 5. The van der Waals surface area contributed by atoms with Crippen LogP contribution >= 0.6 is 0 Å². The van der Waals surface area contributed by atoms with E-state index in [2.05, 4.69) is 29.2 Å². The van der Waals surface area contributed by atoms with Crippen molar-refractivity contribution in [3.05, 3.63) is 41.0 Å². The molecular formula is C20H23NO4. The maximum absolute atomic E-state index is 5.52. The fourth-order valence-corrected chi connectivity index (χ4v) is 4.09. The van der Waals surface area contributed by atoms with Crippen LogP contribution in [-0.4, -0.2) is 35.0 Å². The zero-order valence-corrected chi connectivity index (χ0v) is 15.1. The van der Waals surface area contributed by atoms with Crippen molar-refractivity contribution in [2.45, 2.75) is 18.9 Å². The van der Waals surface area contributed by atoms with Crippen molar-refractivity contribution >= 4 is 5.69 Å². The Hall–Kier alpha value is -2.56. The second-order valence-corrected chi connectivity index (χ2v) is 6.41. The van der Waals surface area contributed by atoms with Gasteiger partial charge in [0.15, 0.2) is 23.0 Å². The molecule has 0 amide bonds. The highest BCUT2D eigenvalue weighted by atomic mass is 16.5. The number of methoxy groups -OCH3 is 4. The third-order valence-corrected chi connectivity index (χ3v) is 5.31. The molecule has 132 valence electrons. The lowest BCUT2D eigenvalue weighted by molar-refractivity contribution is 0.353. The first-order valence-electron chi connectivity index (χ1n) is 8.46. The highest BCUT2D eigenvalue weighted by Crippen LogP contribution is 2.49. The number of rotatable bonds is 4. The van der Waals surface area contributed by atoms with E-state index in [0.717, 1.165) is 42.4 Å². The van der Waals surface area contributed by atoms with Crippen LogP contribution in [0.4, 0.5) is 5.69 Å². The lowest BCUT2D eigenvalue weighted by Crippen LogP contribution is -2.32. The lowest BCUT2D eigenvalue weighted by atomic mass is 9.91. The Bertz CT molecular complexity index is 818. The maximum atomic E-state index is 5.52. The van der Waals surface area contributed by atoms with Crippen molar-refractivity contribution in [1.82, 2.24) is 0 Å². The van der Waals surface area contributed by atoms with Crippen molar-refractivity contribution in [1.29, 1.82) is 0 Å². The third kappa shape index (κ3) is 2.37. The fraction of sp³-hybridized carbons (Fsp3) is 0.400. The second kappa shape index (κ2) is 6.06. The number of fused-ring (bicyclic) bond motifs is 5. The van der Waals surface area contributed by atoms with Crippen molar-refractivity contribution in [3.63, 3.8) is 0 Å². The summed E-state index contributed by atoms with van der Waals surface area (Å²) < 4.78 is 21.9. The van der Waals surface area contributed by atoms with Gasteiger partial charge in [0.05, 0.1) is 34.5 Å². The quantitative estimate of drug-likeness (QED) is 0.853. The molecule has 2 aliphatic heterocycles. The largest absolute Gasteiger partial charge is 0.493 e. The Kier molecular flexibility index (Phi) is 3.86. The van der Waals surface area contributed by atoms with Crippen LogP contribution in [0.25, 0.3) is 0 Å². The first-order chi connectivity index (χ1) is 12.2. The van der Waals surface area contributed by atoms with Gasteiger partial charge in [-0.05, 0) is 47.7 Å². The normalized spacial score (nSPS) is 17.4. The van der Waals surface area contributed by atoms with Gasteiger partial charge < -0.3 is 23.8 Å². The average Bonchev–Trinajstić information content (AvgIpc) is 3.03. The monoisotopic (exact) mass is 341 g/mol. The summed E-state index contributed by atoms with van der Waals surface area (Å²) in [6.07, 6.45) is 1.94. The first kappa shape index (κ1) is 15.9. The van der Waals surface area contributed by atoms with Gasteiger partial charge in [-0.2, -0.15) is 0 Å². The second-order valence-electron chi connectivity index (χ2n) is 6.41. The zero-order valence-electron chi connectivity index (χ0n) is 15.1. The summed E-state index contributed by atoms with van der Waals surface area (Å²) in [7, 11) is 6.73. The molecule has 0 unspecified atom stereocenters. The molecule has 2 aromatic carbocycles. The van der Waals surface area contributed by atoms with Crippen molar-refractivity contribution < 1.29 is 18.9 Å². The Labute approximate surface area is 148 Å². The molecule has 2 aliphatic rings. The molecule has 2 aromatic rings. The molecule has 1 atom stereocenters. The SMILES string of the molecule is COc1cc2c(cc1OC)[C@@H]1Cc3cc(OC)c(OC)cc3N1CC2. The predicted molar refractivity (Wildman–Crippen MR) is 96.6 cm³/mol. The predicted octanol–water partition coefficient (Wildman–Crippen LogP) is 3.38. The van der Waals surface area contributed by atoms with Crippen molar-refractivity contribution in [2.75, 3.05) is 39.9 Å². The maximum Gasteiger partial charge on any atom is 0.162 e. The third-order valence-electron chi connectivity index (χ3n) is 5.31. The van der Waals surface area contributed by atoms with Gasteiger partial charge in [-0.1, -0.05) is 0 Å². The smallest absolute Gasteiger partial charge is 0.162 e. The molecule has 0 saturated heterocycles. The van der Waals surface area contributed by atoms with Gasteiger partial charge in [-0.15, -0.1) is 0 Å². The number of nitrogens with zero attached hydrogens (tertiary/aromatic N) is 1. The molecular weight excluding hydrogens is 318 g/mol. The van der Waals surface area contributed by atoms with E-state index in [1.165, 1.54) is 22.4 Å². The summed E-state index contributed by atoms with van der Waals surface area (Å²) >= 11 is 0. The summed E-state index contributed by atoms with van der Waals surface area (Å²) in [5.41, 5.74) is 5.19. The van der Waals surface area contributed by atoms with Gasteiger partial charge in [0.25, 0.3) is 0 Å². The number of hydrogen-bond donors (Lipinski definition) is 0. The van der Waals surface area contributed by atoms with E-state index in [1.54, 1.807) is 28.4 Å². The molecule has 0 aromatic heterocycles. The minimum atomic E-state index is 0.315. The average molecular weight is 341 g/mol. The first-order valence-corrected chi connectivity index (χ1v) is 8.46. The molecule has 0 spiro atoms. The topological polar surface area (TPSA) is 40.2 Å². The lowest BCUT2D eigenvalue weighted by Gasteiger charge is -2.34. The van der Waals surface area contributed by atoms with E-state index >= 15 is 0 Å². The standard InChI is InChI=1S/C20H23NO4/c1-22-17-8-12-5-6-21-15-11-20(25-4)18(23-2)9-13(15)7-16(21)14(12)10-19(17)24-3/h8-11,16H,5-7H2,1-4H3/t16-/m0/s1. The van der Waals surface area contributed by atoms with E-state index in [9.17, 15) is 0 Å². The molecule has 0 saturated carbocycles. The molecule has 0 bridgehead atoms. The molecule has 5 heteroatoms. The molecule has 5 nitrogen and oxygen atoms in total. The van der Waals surface area contributed by atoms with Gasteiger partial charge in [-0.3, -0.25) is 0 Å². The number of anilines is 1. The van der Waals surface area contributed by atoms with Crippen molar-refractivity contribution in [3.8, 4) is 23.0 Å². The molecule has 25 heavy (non-hydrogen) atoms. The highest BCUT2D eigenvalue weighted by molar-refractivity contribution is 5.69. The molecule has 0 aliphatic carbocycles. The van der Waals surface area contributed by atoms with Gasteiger partial charge in [0, 0.05) is 18.3 Å². The zero-order chi connectivity index (χ0) is 17.6. The Morgan fingerprint density at radius 1 is 0.760 bits per heavy atom. The summed E-state index contributed by atoms with van der Waals surface area (Å²) in [4.78, 5) is 2.46. The highest BCUT2D eigenvalue weighted by Gasteiger charge is 2.36. The van der Waals surface area contributed by atoms with Crippen LogP contribution in [0.5, 0.6) is 23.0 Å². The van der Waals surface area contributed by atoms with E-state index in [1.807, 2.05) is 0 Å². The summed E-state index contributed by atoms with van der Waals surface area (Å²) in [5.74, 6) is 3.15. The van der Waals surface area contributed by atoms with Crippen LogP contribution in [0.3, 0.4) is 0 Å². The minimum absolute atomic E-state index is 0.315. The van der Waals surface area contributed by atoms with Crippen LogP contribution in [0.1, 0.15) is 22.7 Å². The Morgan fingerprint density at radius 3 is 1.96 bits per heavy atom. The summed E-state index contributed by atoms with van der Waals surface area (Å²) in [6.45, 7) is 0.982. The molecule has 0 N–H and O–H groups in total. The van der Waals surface area contributed by atoms with Crippen LogP contribution in [0.15, 0.2) is 24.3 Å². The van der Waals surface area contributed by atoms with Crippen molar-refractivity contribution in [2.24, 2.45) is 0 Å². The Balaban J connectivity index is 1.78. The fourth-order valence-electron chi connectivity index (χ4n) is 4.09. The van der Waals surface area contributed by atoms with E-state index in [0.29, 0.717) is 6.04 Å². The molecule has 2 heterocycles. The molecule has 0 radical (unpaired) electrons. The summed E-state index contributed by atoms with van der Waals surface area (Å²) in [5, 5.41) is 0. The van der Waals surface area contributed by atoms with Crippen LogP contribution < -0.4 is 23.8 Å². The Morgan fingerprint density at radius 2 is 1.32 bits per heavy atom. The molecule has 4 rings (SSSR count). The molecule has 0 fully saturated rings. The van der Waals surface area contributed by atoms with Gasteiger partial charge >= 0.3 is 0 Å². The van der Waals surface area contributed by atoms with Gasteiger partial charge in [0.2, 0.25) is 0 Å². The number of benzene rings is 2. The number of ether oxygens (including phenoxy) is 4. The van der Waals surface area contributed by atoms with Gasteiger partial charge in [-0.25, -0.2) is 0 Å².